The van der Waals surface area contributed by atoms with Crippen LogP contribution < -0.4 is 29.2 Å². The van der Waals surface area contributed by atoms with E-state index < -0.39 is 6.10 Å². The van der Waals surface area contributed by atoms with Gasteiger partial charge >= 0.3 is 0 Å². The number of benzene rings is 2. The van der Waals surface area contributed by atoms with Crippen molar-refractivity contribution in [3.05, 3.63) is 41.5 Å². The molecule has 1 atom stereocenters. The summed E-state index contributed by atoms with van der Waals surface area (Å²) < 4.78 is 26.6. The van der Waals surface area contributed by atoms with Crippen LogP contribution >= 0.6 is 0 Å². The second-order valence-electron chi connectivity index (χ2n) is 5.91. The lowest BCUT2D eigenvalue weighted by Crippen LogP contribution is -2.08. The minimum atomic E-state index is -0.419. The molecule has 0 spiro atoms. The van der Waals surface area contributed by atoms with Crippen LogP contribution in [0.5, 0.6) is 34.5 Å². The third-order valence-electron chi connectivity index (χ3n) is 4.42. The maximum Gasteiger partial charge on any atom is 0.203 e. The van der Waals surface area contributed by atoms with Crippen LogP contribution in [0.25, 0.3) is 5.70 Å². The molecule has 8 heteroatoms. The van der Waals surface area contributed by atoms with Gasteiger partial charge in [-0.05, 0) is 35.9 Å². The van der Waals surface area contributed by atoms with E-state index in [9.17, 15) is 5.11 Å². The lowest BCUT2D eigenvalue weighted by Gasteiger charge is -2.14. The number of hydroxylamine groups is 1. The number of hydrogen-bond donors (Lipinski definition) is 2. The molecule has 0 saturated carbocycles. The Morgan fingerprint density at radius 2 is 1.32 bits per heavy atom. The summed E-state index contributed by atoms with van der Waals surface area (Å²) in [5.74, 6) is 2.12. The third-order valence-corrected chi connectivity index (χ3v) is 4.42. The van der Waals surface area contributed by atoms with Crippen molar-refractivity contribution in [1.82, 2.24) is 5.48 Å². The molecule has 0 radical (unpaired) electrons. The van der Waals surface area contributed by atoms with E-state index in [4.69, 9.17) is 28.5 Å². The highest BCUT2D eigenvalue weighted by atomic mass is 16.7. The summed E-state index contributed by atoms with van der Waals surface area (Å²) in [5.41, 5.74) is 5.20. The van der Waals surface area contributed by atoms with Gasteiger partial charge in [0.1, 0.15) is 6.10 Å². The molecule has 0 aliphatic carbocycles. The molecule has 2 aromatic carbocycles. The summed E-state index contributed by atoms with van der Waals surface area (Å²) in [5, 5.41) is 10.1. The minimum absolute atomic E-state index is 0.0615. The molecule has 1 heterocycles. The van der Waals surface area contributed by atoms with Gasteiger partial charge in [-0.3, -0.25) is 10.3 Å². The average molecular weight is 389 g/mol. The van der Waals surface area contributed by atoms with Crippen LogP contribution in [0.3, 0.4) is 0 Å². The van der Waals surface area contributed by atoms with E-state index in [1.165, 1.54) is 14.2 Å². The molecule has 2 N–H and O–H groups in total. The van der Waals surface area contributed by atoms with Gasteiger partial charge in [0.15, 0.2) is 23.0 Å². The highest BCUT2D eigenvalue weighted by molar-refractivity contribution is 5.71. The number of phenolic OH excluding ortho intramolecular Hbond substituents is 1. The molecule has 0 amide bonds. The largest absolute Gasteiger partial charge is 0.502 e. The van der Waals surface area contributed by atoms with E-state index in [2.05, 4.69) is 5.48 Å². The average Bonchev–Trinajstić information content (AvgIpc) is 3.23. The molecular formula is C20H23NO7. The van der Waals surface area contributed by atoms with Gasteiger partial charge in [-0.25, -0.2) is 0 Å². The quantitative estimate of drug-likeness (QED) is 0.747. The van der Waals surface area contributed by atoms with Crippen molar-refractivity contribution in [2.24, 2.45) is 0 Å². The van der Waals surface area contributed by atoms with Gasteiger partial charge in [0.2, 0.25) is 11.5 Å². The van der Waals surface area contributed by atoms with Crippen molar-refractivity contribution in [2.45, 2.75) is 6.10 Å². The maximum atomic E-state index is 10.1. The number of phenols is 1. The standard InChI is InChI=1S/C20H23NO7/c1-23-15-8-12(9-16(24-2)19(15)22)14-10-13(21-28-14)11-6-17(25-3)20(27-5)18(7-11)26-4/h6-10,14,21-22H,1-5H3. The second-order valence-corrected chi connectivity index (χ2v) is 5.91. The Hall–Kier alpha value is -3.26. The van der Waals surface area contributed by atoms with Crippen LogP contribution in [0, 0.1) is 0 Å². The summed E-state index contributed by atoms with van der Waals surface area (Å²) >= 11 is 0. The molecule has 2 aromatic rings. The van der Waals surface area contributed by atoms with Gasteiger partial charge in [-0.15, -0.1) is 0 Å². The Bertz CT molecular complexity index is 844. The van der Waals surface area contributed by atoms with Crippen LogP contribution in [0.4, 0.5) is 0 Å². The summed E-state index contributed by atoms with van der Waals surface area (Å²) in [7, 11) is 7.63. The SMILES string of the molecule is COc1cc(C2C=C(c3cc(OC)c(OC)c(OC)c3)NO2)cc(OC)c1O. The van der Waals surface area contributed by atoms with Crippen molar-refractivity contribution >= 4 is 5.70 Å². The molecule has 8 nitrogen and oxygen atoms in total. The lowest BCUT2D eigenvalue weighted by molar-refractivity contribution is 0.0508. The van der Waals surface area contributed by atoms with Crippen molar-refractivity contribution in [1.29, 1.82) is 0 Å². The van der Waals surface area contributed by atoms with Crippen molar-refractivity contribution in [2.75, 3.05) is 35.5 Å². The first-order chi connectivity index (χ1) is 13.6. The zero-order valence-corrected chi connectivity index (χ0v) is 16.4. The number of nitrogens with one attached hydrogen (secondary N) is 1. The summed E-state index contributed by atoms with van der Waals surface area (Å²) in [6, 6.07) is 7.03. The first-order valence-corrected chi connectivity index (χ1v) is 8.45. The van der Waals surface area contributed by atoms with Crippen LogP contribution in [-0.4, -0.2) is 40.7 Å². The van der Waals surface area contributed by atoms with Gasteiger partial charge in [0.05, 0.1) is 41.2 Å². The van der Waals surface area contributed by atoms with E-state index in [1.54, 1.807) is 33.5 Å². The molecule has 28 heavy (non-hydrogen) atoms. The number of hydrogen-bond acceptors (Lipinski definition) is 8. The van der Waals surface area contributed by atoms with Crippen LogP contribution in [-0.2, 0) is 4.84 Å². The Morgan fingerprint density at radius 1 is 0.786 bits per heavy atom. The van der Waals surface area contributed by atoms with Crippen molar-refractivity contribution < 1.29 is 33.6 Å². The van der Waals surface area contributed by atoms with Gasteiger partial charge in [0, 0.05) is 5.56 Å². The van der Waals surface area contributed by atoms with E-state index in [0.717, 1.165) is 16.8 Å². The Labute approximate surface area is 163 Å². The fraction of sp³-hybridized carbons (Fsp3) is 0.300. The fourth-order valence-corrected chi connectivity index (χ4v) is 2.98. The minimum Gasteiger partial charge on any atom is -0.502 e. The number of rotatable bonds is 7. The molecule has 1 aliphatic heterocycles. The number of methoxy groups -OCH3 is 5. The van der Waals surface area contributed by atoms with Gasteiger partial charge < -0.3 is 28.8 Å². The van der Waals surface area contributed by atoms with E-state index in [1.807, 2.05) is 18.2 Å². The van der Waals surface area contributed by atoms with Crippen molar-refractivity contribution in [3.8, 4) is 34.5 Å². The molecule has 0 fully saturated rings. The zero-order chi connectivity index (χ0) is 20.3. The Morgan fingerprint density at radius 3 is 1.79 bits per heavy atom. The normalized spacial score (nSPS) is 15.5. The molecule has 150 valence electrons. The van der Waals surface area contributed by atoms with E-state index >= 15 is 0 Å². The van der Waals surface area contributed by atoms with Crippen molar-refractivity contribution in [3.63, 3.8) is 0 Å². The van der Waals surface area contributed by atoms with Crippen LogP contribution in [0.1, 0.15) is 17.2 Å². The van der Waals surface area contributed by atoms with E-state index in [-0.39, 0.29) is 5.75 Å². The highest BCUT2D eigenvalue weighted by Crippen LogP contribution is 2.43. The van der Waals surface area contributed by atoms with Crippen LogP contribution in [0.2, 0.25) is 0 Å². The highest BCUT2D eigenvalue weighted by Gasteiger charge is 2.24. The number of aromatic hydroxyl groups is 1. The first-order valence-electron chi connectivity index (χ1n) is 8.45. The maximum absolute atomic E-state index is 10.1. The summed E-state index contributed by atoms with van der Waals surface area (Å²) in [6.07, 6.45) is 1.48. The molecule has 1 unspecified atom stereocenters. The molecular weight excluding hydrogens is 366 g/mol. The predicted molar refractivity (Wildman–Crippen MR) is 102 cm³/mol. The van der Waals surface area contributed by atoms with Crippen LogP contribution in [0.15, 0.2) is 30.3 Å². The fourth-order valence-electron chi connectivity index (χ4n) is 2.98. The third kappa shape index (κ3) is 3.46. The topological polar surface area (TPSA) is 87.6 Å². The molecule has 0 saturated heterocycles. The summed E-state index contributed by atoms with van der Waals surface area (Å²) in [6.45, 7) is 0. The number of ether oxygens (including phenoxy) is 5. The smallest absolute Gasteiger partial charge is 0.203 e. The van der Waals surface area contributed by atoms with E-state index in [0.29, 0.717) is 28.7 Å². The van der Waals surface area contributed by atoms with Gasteiger partial charge in [-0.1, -0.05) is 0 Å². The Balaban J connectivity index is 1.99. The molecule has 1 aliphatic rings. The summed E-state index contributed by atoms with van der Waals surface area (Å²) in [4.78, 5) is 5.70. The Kier molecular flexibility index (Phi) is 5.70. The van der Waals surface area contributed by atoms with Gasteiger partial charge in [0.25, 0.3) is 0 Å². The second kappa shape index (κ2) is 8.18. The molecule has 3 rings (SSSR count). The molecule has 0 bridgehead atoms. The van der Waals surface area contributed by atoms with Gasteiger partial charge in [-0.2, -0.15) is 0 Å². The zero-order valence-electron chi connectivity index (χ0n) is 16.4. The first kappa shape index (κ1) is 19.5. The predicted octanol–water partition coefficient (Wildman–Crippen LogP) is 3.05. The monoisotopic (exact) mass is 389 g/mol. The molecule has 0 aromatic heterocycles. The lowest BCUT2D eigenvalue weighted by atomic mass is 10.0.